The summed E-state index contributed by atoms with van der Waals surface area (Å²) < 4.78 is 6.98. The molecule has 0 unspecified atom stereocenters. The molecule has 2 spiro atoms. The average molecular weight is 358 g/mol. The van der Waals surface area contributed by atoms with Gasteiger partial charge in [0.2, 0.25) is 0 Å². The summed E-state index contributed by atoms with van der Waals surface area (Å²) >= 11 is 0. The van der Waals surface area contributed by atoms with E-state index in [1.54, 1.807) is 0 Å². The quantitative estimate of drug-likeness (QED) is 0.764. The number of fused-ring (bicyclic) bond motifs is 1. The second kappa shape index (κ2) is 3.36. The molecule has 1 aliphatic heterocycles. The van der Waals surface area contributed by atoms with Gasteiger partial charge < -0.3 is 9.53 Å². The van der Waals surface area contributed by atoms with Crippen molar-refractivity contribution in [2.24, 2.45) is 52.3 Å². The lowest BCUT2D eigenvalue weighted by Crippen LogP contribution is -2.82. The van der Waals surface area contributed by atoms with Gasteiger partial charge in [0.15, 0.2) is 0 Å². The molecule has 9 aliphatic carbocycles. The van der Waals surface area contributed by atoms with E-state index in [9.17, 15) is 9.59 Å². The molecule has 1 saturated heterocycles. The van der Waals surface area contributed by atoms with Crippen LogP contribution in [0.25, 0.3) is 0 Å². The van der Waals surface area contributed by atoms with Crippen molar-refractivity contribution >= 4 is 12.1 Å². The number of hydrogen-bond donors (Lipinski definition) is 0. The molecule has 3 nitrogen and oxygen atoms in total. The van der Waals surface area contributed by atoms with Gasteiger partial charge in [-0.15, -0.1) is 0 Å². The molecule has 11 rings (SSSR count). The second-order valence-electron chi connectivity index (χ2n) is 11.0. The first-order valence-electron chi connectivity index (χ1n) is 11.0. The van der Waals surface area contributed by atoms with Gasteiger partial charge in [-0.3, -0.25) is 4.79 Å². The molecule has 10 aliphatic rings. The predicted molar refractivity (Wildman–Crippen MR) is 94.6 cm³/mol. The van der Waals surface area contributed by atoms with Gasteiger partial charge in [-0.25, -0.2) is 0 Å². The van der Waals surface area contributed by atoms with E-state index >= 15 is 0 Å². The summed E-state index contributed by atoms with van der Waals surface area (Å²) in [6.07, 6.45) is 6.09. The molecule has 1 aromatic rings. The smallest absolute Gasteiger partial charge is 0.149 e. The van der Waals surface area contributed by atoms with Crippen LogP contribution in [0.4, 0.5) is 0 Å². The summed E-state index contributed by atoms with van der Waals surface area (Å²) in [5, 5.41) is 0. The Balaban J connectivity index is 1.38. The van der Waals surface area contributed by atoms with Gasteiger partial charge >= 0.3 is 0 Å². The van der Waals surface area contributed by atoms with Crippen molar-refractivity contribution in [1.82, 2.24) is 0 Å². The standard InChI is InChI=1S/C24H22O3/c25-10-22-15-8-12(9-21(15,22)11-4-2-1-3-5-11)24-18-14-7-6-13-16(19(14)27-24)20(26)23(22,24)17(13)18/h1-5,10,12-19H,6-9H2/t12-,13+,14+,15+,16+,17-,18+,19-,21+,22+,23+,24+/m1/s1. The van der Waals surface area contributed by atoms with E-state index in [4.69, 9.17) is 4.74 Å². The molecule has 136 valence electrons. The fourth-order valence-corrected chi connectivity index (χ4v) is 11.8. The van der Waals surface area contributed by atoms with Gasteiger partial charge in [-0.05, 0) is 66.8 Å². The maximum Gasteiger partial charge on any atom is 0.149 e. The first kappa shape index (κ1) is 13.7. The van der Waals surface area contributed by atoms with E-state index < -0.39 is 10.8 Å². The topological polar surface area (TPSA) is 43.4 Å². The minimum atomic E-state index is -0.474. The Morgan fingerprint density at radius 3 is 2.70 bits per heavy atom. The Morgan fingerprint density at radius 2 is 1.89 bits per heavy atom. The van der Waals surface area contributed by atoms with Gasteiger partial charge in [0.1, 0.15) is 12.1 Å². The van der Waals surface area contributed by atoms with Crippen molar-refractivity contribution in [2.75, 3.05) is 0 Å². The fraction of sp³-hybridized carbons (Fsp3) is 0.667. The first-order chi connectivity index (χ1) is 13.2. The van der Waals surface area contributed by atoms with Crippen LogP contribution < -0.4 is 0 Å². The predicted octanol–water partition coefficient (Wildman–Crippen LogP) is 2.77. The van der Waals surface area contributed by atoms with Crippen molar-refractivity contribution in [3.05, 3.63) is 35.9 Å². The molecule has 1 aromatic carbocycles. The Hall–Kier alpha value is -1.48. The molecule has 1 heterocycles. The van der Waals surface area contributed by atoms with Crippen LogP contribution in [-0.4, -0.2) is 23.8 Å². The molecule has 12 atom stereocenters. The Morgan fingerprint density at radius 1 is 1.07 bits per heavy atom. The Labute approximate surface area is 157 Å². The SMILES string of the molecule is O=C[C@]12[C@H]3C[C@H](C[C@]31c1ccccc1)[C@@]13O[C@@H]4[C@H]5CC[C@H]6[C@@H]4C(=O)[C@]12[C@H]6[C@H]53. The van der Waals surface area contributed by atoms with Crippen molar-refractivity contribution in [2.45, 2.75) is 42.8 Å². The molecule has 0 aromatic heterocycles. The number of ketones is 1. The summed E-state index contributed by atoms with van der Waals surface area (Å²) in [4.78, 5) is 27.1. The van der Waals surface area contributed by atoms with Crippen molar-refractivity contribution in [3.8, 4) is 0 Å². The lowest BCUT2D eigenvalue weighted by Gasteiger charge is -2.74. The van der Waals surface area contributed by atoms with Crippen LogP contribution in [0.5, 0.6) is 0 Å². The van der Waals surface area contributed by atoms with Crippen LogP contribution in [-0.2, 0) is 19.7 Å². The molecular weight excluding hydrogens is 336 g/mol. The summed E-state index contributed by atoms with van der Waals surface area (Å²) in [5.41, 5.74) is 0.0281. The molecular formula is C24H22O3. The maximum atomic E-state index is 14.1. The number of hydrogen-bond acceptors (Lipinski definition) is 3. The minimum absolute atomic E-state index is 0.0856. The summed E-state index contributed by atoms with van der Waals surface area (Å²) in [6.45, 7) is 0. The van der Waals surface area contributed by atoms with E-state index in [0.717, 1.165) is 12.8 Å². The third-order valence-corrected chi connectivity index (χ3v) is 11.6. The summed E-state index contributed by atoms with van der Waals surface area (Å²) in [7, 11) is 0. The van der Waals surface area contributed by atoms with Crippen LogP contribution in [0.2, 0.25) is 0 Å². The highest BCUT2D eigenvalue weighted by molar-refractivity contribution is 6.03. The largest absolute Gasteiger partial charge is 0.369 e. The normalized spacial score (nSPS) is 68.8. The van der Waals surface area contributed by atoms with E-state index in [1.807, 2.05) is 0 Å². The second-order valence-corrected chi connectivity index (χ2v) is 11.0. The molecule has 10 bridgehead atoms. The lowest BCUT2D eigenvalue weighted by atomic mass is 9.29. The molecule has 3 heteroatoms. The number of carbonyl (C=O) groups is 2. The summed E-state index contributed by atoms with van der Waals surface area (Å²) in [6, 6.07) is 10.7. The number of rotatable bonds is 2. The van der Waals surface area contributed by atoms with Gasteiger partial charge in [0.05, 0.1) is 22.5 Å². The molecule has 0 N–H and O–H groups in total. The van der Waals surface area contributed by atoms with Crippen molar-refractivity contribution in [1.29, 1.82) is 0 Å². The fourth-order valence-electron chi connectivity index (χ4n) is 11.8. The average Bonchev–Trinajstić information content (AvgIpc) is 2.92. The molecule has 10 fully saturated rings. The van der Waals surface area contributed by atoms with Crippen molar-refractivity contribution < 1.29 is 14.3 Å². The number of carbonyl (C=O) groups excluding carboxylic acids is 2. The highest BCUT2D eigenvalue weighted by Gasteiger charge is 3.07. The van der Waals surface area contributed by atoms with Crippen LogP contribution in [0.1, 0.15) is 31.2 Å². The number of benzene rings is 1. The summed E-state index contributed by atoms with van der Waals surface area (Å²) in [5.74, 6) is 3.60. The molecule has 9 saturated carbocycles. The van der Waals surface area contributed by atoms with Gasteiger partial charge in [0, 0.05) is 11.3 Å². The third-order valence-electron chi connectivity index (χ3n) is 11.6. The van der Waals surface area contributed by atoms with Gasteiger partial charge in [-0.2, -0.15) is 0 Å². The zero-order valence-electron chi connectivity index (χ0n) is 15.1. The van der Waals surface area contributed by atoms with Crippen LogP contribution in [0, 0.1) is 52.3 Å². The third kappa shape index (κ3) is 0.815. The molecule has 0 radical (unpaired) electrons. The van der Waals surface area contributed by atoms with Crippen LogP contribution in [0.15, 0.2) is 30.3 Å². The zero-order valence-corrected chi connectivity index (χ0v) is 15.1. The van der Waals surface area contributed by atoms with E-state index in [0.29, 0.717) is 41.3 Å². The van der Waals surface area contributed by atoms with Crippen LogP contribution >= 0.6 is 0 Å². The highest BCUT2D eigenvalue weighted by Crippen LogP contribution is 3.01. The van der Waals surface area contributed by atoms with Gasteiger partial charge in [-0.1, -0.05) is 30.3 Å². The highest BCUT2D eigenvalue weighted by atomic mass is 16.5. The van der Waals surface area contributed by atoms with E-state index in [2.05, 4.69) is 30.3 Å². The van der Waals surface area contributed by atoms with Crippen LogP contribution in [0.3, 0.4) is 0 Å². The lowest BCUT2D eigenvalue weighted by molar-refractivity contribution is -0.315. The monoisotopic (exact) mass is 358 g/mol. The first-order valence-corrected chi connectivity index (χ1v) is 11.0. The Bertz CT molecular complexity index is 1000. The zero-order chi connectivity index (χ0) is 17.6. The number of ether oxygens (including phenoxy) is 1. The number of aldehydes is 1. The van der Waals surface area contributed by atoms with Gasteiger partial charge in [0.25, 0.3) is 0 Å². The van der Waals surface area contributed by atoms with E-state index in [1.165, 1.54) is 24.7 Å². The molecule has 27 heavy (non-hydrogen) atoms. The number of Topliss-reactive ketones (excluding diaryl/α,β-unsaturated/α-hetero) is 1. The van der Waals surface area contributed by atoms with Crippen molar-refractivity contribution in [3.63, 3.8) is 0 Å². The Kier molecular flexibility index (Phi) is 1.70. The van der Waals surface area contributed by atoms with E-state index in [-0.39, 0.29) is 23.0 Å². The minimum Gasteiger partial charge on any atom is -0.369 e. The maximum absolute atomic E-state index is 14.1. The molecule has 0 amide bonds.